The molecule has 0 aromatic rings. The van der Waals surface area contributed by atoms with Crippen molar-refractivity contribution in [3.05, 3.63) is 0 Å². The lowest BCUT2D eigenvalue weighted by molar-refractivity contribution is -0.143. The average molecular weight is 1040 g/mol. The van der Waals surface area contributed by atoms with E-state index in [-0.39, 0.29) is 69.4 Å². The number of likely N-dealkylation sites (tertiary alicyclic amines) is 1. The van der Waals surface area contributed by atoms with E-state index in [4.69, 9.17) is 17.2 Å². The molecule has 0 aliphatic carbocycles. The molecule has 0 radical (unpaired) electrons. The van der Waals surface area contributed by atoms with Crippen LogP contribution in [0, 0.1) is 17.8 Å². The van der Waals surface area contributed by atoms with Gasteiger partial charge in [-0.25, -0.2) is 4.79 Å². The van der Waals surface area contributed by atoms with Gasteiger partial charge in [0, 0.05) is 13.0 Å². The predicted molar refractivity (Wildman–Crippen MR) is 265 cm³/mol. The average Bonchev–Trinajstić information content (AvgIpc) is 3.78. The number of carbonyl (C=O) groups excluding carboxylic acids is 10. The van der Waals surface area contributed by atoms with Crippen molar-refractivity contribution in [1.29, 1.82) is 0 Å². The van der Waals surface area contributed by atoms with Gasteiger partial charge in [0.1, 0.15) is 54.4 Å². The van der Waals surface area contributed by atoms with Crippen LogP contribution in [0.15, 0.2) is 0 Å². The van der Waals surface area contributed by atoms with Crippen LogP contribution in [0.25, 0.3) is 0 Å². The fraction of sp³-hybridized carbons (Fsp3) is 0.745. The molecule has 1 heterocycles. The zero-order chi connectivity index (χ0) is 55.9. The van der Waals surface area contributed by atoms with Gasteiger partial charge in [0.05, 0.1) is 12.5 Å². The van der Waals surface area contributed by atoms with Crippen molar-refractivity contribution < 1.29 is 67.7 Å². The highest BCUT2D eigenvalue weighted by molar-refractivity contribution is 5.99. The number of carboxylic acids is 2. The molecule has 1 saturated heterocycles. The highest BCUT2D eigenvalue weighted by Crippen LogP contribution is 2.19. The summed E-state index contributed by atoms with van der Waals surface area (Å²) >= 11 is 0. The summed E-state index contributed by atoms with van der Waals surface area (Å²) in [5, 5.41) is 39.1. The number of amides is 10. The molecule has 16 N–H and O–H groups in total. The quantitative estimate of drug-likeness (QED) is 0.0298. The number of carbonyl (C=O) groups is 12. The molecule has 0 saturated carbocycles. The van der Waals surface area contributed by atoms with Gasteiger partial charge in [0.15, 0.2) is 0 Å². The van der Waals surface area contributed by atoms with Gasteiger partial charge in [-0.1, -0.05) is 41.5 Å². The van der Waals surface area contributed by atoms with Gasteiger partial charge >= 0.3 is 11.9 Å². The molecule has 10 amide bonds. The standard InChI is InChI=1S/C47H82N12O14/c1-23(2)19-29(49)40(65)54-31(15-16-36(50)60)41(66)51-26(7)38(63)53-28(9)46(71)59-18-12-14-35(59)45(70)52-27(8)39(64)56-32(20-24(3)4)43(68)57-33(22-37(61)62)44(69)55-30(13-10-11-17-48)42(67)58-34(47(72)73)21-25(5)6/h23-35H,10-22,48-49H2,1-9H3,(H2,50,60)(H,51,66)(H,52,70)(H,53,63)(H,54,65)(H,55,69)(H,56,64)(H,57,68)(H,58,67)(H,61,62)(H,72,73)/t26-,27-,28-,29-,30-,31-,32-,33-,34-,35-/m0/s1. The van der Waals surface area contributed by atoms with Gasteiger partial charge in [-0.3, -0.25) is 52.7 Å². The third-order valence-electron chi connectivity index (χ3n) is 11.7. The van der Waals surface area contributed by atoms with Crippen molar-refractivity contribution in [2.24, 2.45) is 35.0 Å². The highest BCUT2D eigenvalue weighted by atomic mass is 16.4. The van der Waals surface area contributed by atoms with E-state index in [0.29, 0.717) is 25.7 Å². The first-order valence-electron chi connectivity index (χ1n) is 24.9. The highest BCUT2D eigenvalue weighted by Gasteiger charge is 2.39. The maximum atomic E-state index is 13.8. The Labute approximate surface area is 426 Å². The van der Waals surface area contributed by atoms with Crippen LogP contribution in [0.2, 0.25) is 0 Å². The Morgan fingerprint density at radius 2 is 0.986 bits per heavy atom. The lowest BCUT2D eigenvalue weighted by Gasteiger charge is -2.29. The molecule has 1 aliphatic heterocycles. The van der Waals surface area contributed by atoms with Crippen molar-refractivity contribution >= 4 is 71.0 Å². The minimum atomic E-state index is -1.75. The second-order valence-corrected chi connectivity index (χ2v) is 19.9. The van der Waals surface area contributed by atoms with E-state index in [2.05, 4.69) is 42.5 Å². The zero-order valence-corrected chi connectivity index (χ0v) is 43.7. The maximum absolute atomic E-state index is 13.8. The number of nitrogens with one attached hydrogen (secondary N) is 8. The first kappa shape index (κ1) is 64.6. The Morgan fingerprint density at radius 3 is 1.53 bits per heavy atom. The van der Waals surface area contributed by atoms with E-state index in [1.54, 1.807) is 27.7 Å². The van der Waals surface area contributed by atoms with Gasteiger partial charge in [-0.2, -0.15) is 0 Å². The molecule has 0 aromatic carbocycles. The van der Waals surface area contributed by atoms with Crippen molar-refractivity contribution in [2.75, 3.05) is 13.1 Å². The van der Waals surface area contributed by atoms with E-state index in [1.165, 1.54) is 25.7 Å². The number of primary amides is 1. The van der Waals surface area contributed by atoms with Crippen molar-refractivity contribution in [3.8, 4) is 0 Å². The van der Waals surface area contributed by atoms with Crippen LogP contribution < -0.4 is 59.7 Å². The normalized spacial score (nSPS) is 17.1. The summed E-state index contributed by atoms with van der Waals surface area (Å²) in [6.45, 7) is 15.1. The van der Waals surface area contributed by atoms with E-state index in [1.807, 2.05) is 13.8 Å². The lowest BCUT2D eigenvalue weighted by atomic mass is 10.0. The molecule has 1 fully saturated rings. The molecular weight excluding hydrogens is 957 g/mol. The minimum Gasteiger partial charge on any atom is -0.481 e. The van der Waals surface area contributed by atoms with Crippen LogP contribution in [0.5, 0.6) is 0 Å². The molecule has 26 nitrogen and oxygen atoms in total. The summed E-state index contributed by atoms with van der Waals surface area (Å²) in [6.07, 6.45) is 0.412. The molecule has 0 unspecified atom stereocenters. The fourth-order valence-electron chi connectivity index (χ4n) is 7.81. The summed E-state index contributed by atoms with van der Waals surface area (Å²) in [5.41, 5.74) is 16.8. The van der Waals surface area contributed by atoms with Crippen LogP contribution in [-0.4, -0.2) is 160 Å². The molecule has 73 heavy (non-hydrogen) atoms. The van der Waals surface area contributed by atoms with E-state index in [9.17, 15) is 67.7 Å². The molecule has 1 aliphatic rings. The predicted octanol–water partition coefficient (Wildman–Crippen LogP) is -2.67. The Balaban J connectivity index is 3.10. The first-order chi connectivity index (χ1) is 34.0. The third-order valence-corrected chi connectivity index (χ3v) is 11.7. The van der Waals surface area contributed by atoms with E-state index >= 15 is 0 Å². The summed E-state index contributed by atoms with van der Waals surface area (Å²) in [7, 11) is 0. The molecule has 414 valence electrons. The monoisotopic (exact) mass is 1040 g/mol. The number of rotatable bonds is 33. The largest absolute Gasteiger partial charge is 0.481 e. The van der Waals surface area contributed by atoms with Crippen LogP contribution in [0.3, 0.4) is 0 Å². The number of unbranched alkanes of at least 4 members (excludes halogenated alkanes) is 1. The topological polar surface area (TPSA) is 423 Å². The second kappa shape index (κ2) is 31.9. The number of aliphatic carboxylic acids is 2. The number of nitrogens with zero attached hydrogens (tertiary/aromatic N) is 1. The minimum absolute atomic E-state index is 0.00735. The summed E-state index contributed by atoms with van der Waals surface area (Å²) in [6, 6.07) is -12.7. The van der Waals surface area contributed by atoms with Crippen LogP contribution in [0.4, 0.5) is 0 Å². The Morgan fingerprint density at radius 1 is 0.534 bits per heavy atom. The van der Waals surface area contributed by atoms with Crippen LogP contribution >= 0.6 is 0 Å². The van der Waals surface area contributed by atoms with E-state index in [0.717, 1.165) is 0 Å². The molecule has 0 bridgehead atoms. The van der Waals surface area contributed by atoms with Crippen molar-refractivity contribution in [3.63, 3.8) is 0 Å². The van der Waals surface area contributed by atoms with Crippen LogP contribution in [-0.2, 0) is 57.5 Å². The number of hydrogen-bond acceptors (Lipinski definition) is 14. The molecular formula is C47H82N12O14. The van der Waals surface area contributed by atoms with Crippen LogP contribution in [0.1, 0.15) is 133 Å². The lowest BCUT2D eigenvalue weighted by Crippen LogP contribution is -2.60. The number of hydrogen-bond donors (Lipinski definition) is 13. The molecule has 26 heteroatoms. The van der Waals surface area contributed by atoms with Gasteiger partial charge in [0.25, 0.3) is 0 Å². The van der Waals surface area contributed by atoms with E-state index < -0.39 is 138 Å². The van der Waals surface area contributed by atoms with Crippen molar-refractivity contribution in [1.82, 2.24) is 47.4 Å². The smallest absolute Gasteiger partial charge is 0.326 e. The first-order valence-corrected chi connectivity index (χ1v) is 24.9. The summed E-state index contributed by atoms with van der Waals surface area (Å²) in [5.74, 6) is -11.1. The molecule has 0 spiro atoms. The molecule has 1 rings (SSSR count). The zero-order valence-electron chi connectivity index (χ0n) is 43.7. The molecule has 0 aromatic heterocycles. The molecule has 10 atom stereocenters. The Kier molecular flexibility index (Phi) is 28.2. The van der Waals surface area contributed by atoms with Gasteiger partial charge in [0.2, 0.25) is 59.1 Å². The Bertz CT molecular complexity index is 1950. The van der Waals surface area contributed by atoms with Crippen molar-refractivity contribution in [2.45, 2.75) is 193 Å². The fourth-order valence-corrected chi connectivity index (χ4v) is 7.81. The third kappa shape index (κ3) is 23.8. The SMILES string of the molecule is CC(C)C[C@H](NC(=O)[C@H](CCCCN)NC(=O)[C@H](CC(=O)O)NC(=O)[C@H](CC(C)C)NC(=O)[C@H](C)NC(=O)[C@@H]1CCCN1C(=O)[C@H](C)NC(=O)[C@H](C)NC(=O)[C@H](CCC(N)=O)NC(=O)[C@@H](N)CC(C)C)C(=O)O. The Hall–Kier alpha value is -6.44. The summed E-state index contributed by atoms with van der Waals surface area (Å²) in [4.78, 5) is 157. The van der Waals surface area contributed by atoms with Gasteiger partial charge in [-0.05, 0) is 103 Å². The number of nitrogens with two attached hydrogens (primary N) is 3. The number of carboxylic acid groups (broad SMARTS) is 2. The second-order valence-electron chi connectivity index (χ2n) is 19.9. The maximum Gasteiger partial charge on any atom is 0.326 e. The van der Waals surface area contributed by atoms with Gasteiger partial charge < -0.3 is 74.8 Å². The summed E-state index contributed by atoms with van der Waals surface area (Å²) < 4.78 is 0. The van der Waals surface area contributed by atoms with Gasteiger partial charge in [-0.15, -0.1) is 0 Å².